The van der Waals surface area contributed by atoms with E-state index in [1.165, 1.54) is 11.1 Å². The van der Waals surface area contributed by atoms with Gasteiger partial charge in [0.05, 0.1) is 6.20 Å². The van der Waals surface area contributed by atoms with Crippen molar-refractivity contribution < 1.29 is 0 Å². The van der Waals surface area contributed by atoms with Gasteiger partial charge in [0.25, 0.3) is 0 Å². The number of nitrogens with zero attached hydrogens (tertiary/aromatic N) is 3. The van der Waals surface area contributed by atoms with Gasteiger partial charge in [0.15, 0.2) is 0 Å². The van der Waals surface area contributed by atoms with E-state index in [1.54, 1.807) is 0 Å². The second kappa shape index (κ2) is 5.15. The Morgan fingerprint density at radius 1 is 1.09 bits per heavy atom. The molecule has 0 saturated carbocycles. The van der Waals surface area contributed by atoms with Crippen molar-refractivity contribution in [2.24, 2.45) is 7.05 Å². The predicted molar refractivity (Wildman–Crippen MR) is 87.5 cm³/mol. The van der Waals surface area contributed by atoms with Crippen molar-refractivity contribution in [3.8, 4) is 11.1 Å². The Balaban J connectivity index is 1.76. The highest BCUT2D eigenvalue weighted by molar-refractivity contribution is 5.93. The largest absolute Gasteiger partial charge is 0.346 e. The monoisotopic (exact) mass is 288 g/mol. The maximum atomic E-state index is 4.55. The fourth-order valence-corrected chi connectivity index (χ4v) is 2.77. The van der Waals surface area contributed by atoms with Gasteiger partial charge in [0, 0.05) is 42.2 Å². The molecule has 3 heterocycles. The van der Waals surface area contributed by atoms with Crippen LogP contribution in [0.15, 0.2) is 61.2 Å². The summed E-state index contributed by atoms with van der Waals surface area (Å²) >= 11 is 0. The first-order chi connectivity index (χ1) is 10.8. The summed E-state index contributed by atoms with van der Waals surface area (Å²) in [7, 11) is 1.93. The van der Waals surface area contributed by atoms with Crippen LogP contribution in [0.2, 0.25) is 0 Å². The number of hydrogen-bond donors (Lipinski definition) is 1. The Morgan fingerprint density at radius 3 is 2.73 bits per heavy atom. The number of aryl methyl sites for hydroxylation is 1. The van der Waals surface area contributed by atoms with E-state index in [0.717, 1.165) is 28.6 Å². The van der Waals surface area contributed by atoms with Crippen LogP contribution in [-0.2, 0) is 13.5 Å². The molecular weight excluding hydrogens is 272 g/mol. The quantitative estimate of drug-likeness (QED) is 0.626. The topological polar surface area (TPSA) is 46.5 Å². The van der Waals surface area contributed by atoms with Crippen molar-refractivity contribution in [3.05, 3.63) is 72.3 Å². The number of H-pyrrole nitrogens is 1. The summed E-state index contributed by atoms with van der Waals surface area (Å²) in [5.74, 6) is 0. The lowest BCUT2D eigenvalue weighted by Crippen LogP contribution is -1.89. The molecule has 1 aromatic carbocycles. The van der Waals surface area contributed by atoms with E-state index < -0.39 is 0 Å². The zero-order valence-electron chi connectivity index (χ0n) is 12.3. The highest BCUT2D eigenvalue weighted by Gasteiger charge is 2.09. The summed E-state index contributed by atoms with van der Waals surface area (Å²) in [5.41, 5.74) is 5.67. The van der Waals surface area contributed by atoms with Crippen LogP contribution in [0.3, 0.4) is 0 Å². The van der Waals surface area contributed by atoms with Gasteiger partial charge in [-0.2, -0.15) is 5.10 Å². The van der Waals surface area contributed by atoms with Gasteiger partial charge in [0.2, 0.25) is 0 Å². The summed E-state index contributed by atoms with van der Waals surface area (Å²) in [6.45, 7) is 0. The highest BCUT2D eigenvalue weighted by atomic mass is 15.2. The lowest BCUT2D eigenvalue weighted by Gasteiger charge is -2.02. The molecule has 0 saturated heterocycles. The van der Waals surface area contributed by atoms with Gasteiger partial charge in [-0.25, -0.2) is 4.98 Å². The van der Waals surface area contributed by atoms with Gasteiger partial charge < -0.3 is 4.98 Å². The number of hydrogen-bond acceptors (Lipinski definition) is 2. The van der Waals surface area contributed by atoms with Crippen LogP contribution in [0.5, 0.6) is 0 Å². The van der Waals surface area contributed by atoms with E-state index >= 15 is 0 Å². The SMILES string of the molecule is Cn1cc(-c2c[nH]c3ncc(Cc4ccccc4)cc23)cn1. The number of nitrogens with one attached hydrogen (secondary N) is 1. The molecule has 4 aromatic rings. The predicted octanol–water partition coefficient (Wildman–Crippen LogP) is 3.55. The summed E-state index contributed by atoms with van der Waals surface area (Å²) in [5, 5.41) is 5.39. The molecule has 4 nitrogen and oxygen atoms in total. The highest BCUT2D eigenvalue weighted by Crippen LogP contribution is 2.28. The Bertz CT molecular complexity index is 919. The first-order valence-electron chi connectivity index (χ1n) is 7.28. The van der Waals surface area contributed by atoms with Crippen LogP contribution in [0, 0.1) is 0 Å². The number of benzene rings is 1. The lowest BCUT2D eigenvalue weighted by atomic mass is 10.0. The van der Waals surface area contributed by atoms with Gasteiger partial charge in [-0.1, -0.05) is 30.3 Å². The molecule has 0 radical (unpaired) electrons. The molecule has 0 fully saturated rings. The van der Waals surface area contributed by atoms with Crippen LogP contribution < -0.4 is 0 Å². The second-order valence-corrected chi connectivity index (χ2v) is 5.51. The molecule has 0 aliphatic heterocycles. The third-order valence-electron chi connectivity index (χ3n) is 3.85. The molecule has 0 spiro atoms. The zero-order valence-corrected chi connectivity index (χ0v) is 12.3. The van der Waals surface area contributed by atoms with Crippen LogP contribution in [-0.4, -0.2) is 19.7 Å². The maximum Gasteiger partial charge on any atom is 0.137 e. The first kappa shape index (κ1) is 12.8. The maximum absolute atomic E-state index is 4.55. The molecule has 0 unspecified atom stereocenters. The van der Waals surface area contributed by atoms with E-state index in [1.807, 2.05) is 42.6 Å². The van der Waals surface area contributed by atoms with Crippen molar-refractivity contribution in [2.75, 3.05) is 0 Å². The van der Waals surface area contributed by atoms with E-state index in [4.69, 9.17) is 0 Å². The van der Waals surface area contributed by atoms with Crippen molar-refractivity contribution >= 4 is 11.0 Å². The van der Waals surface area contributed by atoms with Gasteiger partial charge in [0.1, 0.15) is 5.65 Å². The second-order valence-electron chi connectivity index (χ2n) is 5.51. The third kappa shape index (κ3) is 2.29. The molecule has 108 valence electrons. The lowest BCUT2D eigenvalue weighted by molar-refractivity contribution is 0.768. The van der Waals surface area contributed by atoms with E-state index in [9.17, 15) is 0 Å². The minimum Gasteiger partial charge on any atom is -0.346 e. The average molecular weight is 288 g/mol. The van der Waals surface area contributed by atoms with Crippen LogP contribution >= 0.6 is 0 Å². The van der Waals surface area contributed by atoms with Crippen LogP contribution in [0.4, 0.5) is 0 Å². The van der Waals surface area contributed by atoms with Crippen LogP contribution in [0.25, 0.3) is 22.2 Å². The Hall–Kier alpha value is -2.88. The average Bonchev–Trinajstić information content (AvgIpc) is 3.14. The number of aromatic amines is 1. The Kier molecular flexibility index (Phi) is 3.00. The summed E-state index contributed by atoms with van der Waals surface area (Å²) in [6, 6.07) is 12.7. The van der Waals surface area contributed by atoms with E-state index in [2.05, 4.69) is 45.4 Å². The molecule has 4 rings (SSSR count). The number of aromatic nitrogens is 4. The Morgan fingerprint density at radius 2 is 1.95 bits per heavy atom. The summed E-state index contributed by atoms with van der Waals surface area (Å²) in [6.07, 6.45) is 8.74. The standard InChI is InChI=1S/C18H16N4/c1-22-12-15(10-21-22)17-11-20-18-16(17)8-14(9-19-18)7-13-5-3-2-4-6-13/h2-6,8-12H,7H2,1H3,(H,19,20). The van der Waals surface area contributed by atoms with Gasteiger partial charge >= 0.3 is 0 Å². The van der Waals surface area contributed by atoms with Crippen molar-refractivity contribution in [2.45, 2.75) is 6.42 Å². The molecule has 0 aliphatic carbocycles. The number of fused-ring (bicyclic) bond motifs is 1. The molecule has 4 heteroatoms. The summed E-state index contributed by atoms with van der Waals surface area (Å²) in [4.78, 5) is 7.79. The normalized spacial score (nSPS) is 11.1. The molecule has 0 aliphatic rings. The van der Waals surface area contributed by atoms with E-state index in [0.29, 0.717) is 0 Å². The van der Waals surface area contributed by atoms with Gasteiger partial charge in [-0.05, 0) is 23.6 Å². The first-order valence-corrected chi connectivity index (χ1v) is 7.28. The zero-order chi connectivity index (χ0) is 14.9. The minimum atomic E-state index is 0.890. The molecule has 0 bridgehead atoms. The van der Waals surface area contributed by atoms with Crippen molar-refractivity contribution in [3.63, 3.8) is 0 Å². The molecule has 22 heavy (non-hydrogen) atoms. The molecule has 0 atom stereocenters. The van der Waals surface area contributed by atoms with Crippen LogP contribution in [0.1, 0.15) is 11.1 Å². The fourth-order valence-electron chi connectivity index (χ4n) is 2.77. The third-order valence-corrected chi connectivity index (χ3v) is 3.85. The molecular formula is C18H16N4. The summed E-state index contributed by atoms with van der Waals surface area (Å²) < 4.78 is 1.81. The Labute approximate surface area is 128 Å². The van der Waals surface area contributed by atoms with Crippen molar-refractivity contribution in [1.82, 2.24) is 19.7 Å². The molecule has 0 amide bonds. The minimum absolute atomic E-state index is 0.890. The van der Waals surface area contributed by atoms with Gasteiger partial charge in [-0.15, -0.1) is 0 Å². The molecule has 3 aromatic heterocycles. The van der Waals surface area contributed by atoms with E-state index in [-0.39, 0.29) is 0 Å². The molecule has 1 N–H and O–H groups in total. The van der Waals surface area contributed by atoms with Gasteiger partial charge in [-0.3, -0.25) is 4.68 Å². The number of rotatable bonds is 3. The fraction of sp³-hybridized carbons (Fsp3) is 0.111. The number of pyridine rings is 1. The smallest absolute Gasteiger partial charge is 0.137 e. The van der Waals surface area contributed by atoms with Crippen molar-refractivity contribution in [1.29, 1.82) is 0 Å².